The smallest absolute Gasteiger partial charge is 0.290 e. The van der Waals surface area contributed by atoms with Gasteiger partial charge in [-0.1, -0.05) is 39.7 Å². The van der Waals surface area contributed by atoms with Gasteiger partial charge in [0.05, 0.1) is 23.1 Å². The summed E-state index contributed by atoms with van der Waals surface area (Å²) in [4.78, 5) is 28.5. The molecule has 0 saturated carbocycles. The average molecular weight is 470 g/mol. The number of benzene rings is 2. The van der Waals surface area contributed by atoms with Crippen molar-refractivity contribution in [1.29, 1.82) is 0 Å². The SMILES string of the molecule is Cc1ccc2oc3c(c(=O)c2c1)C(c1ccc(Br)cc1)N(CCCOC(C)C)C3=O. The minimum atomic E-state index is -0.471. The molecule has 156 valence electrons. The highest BCUT2D eigenvalue weighted by Crippen LogP contribution is 2.38. The van der Waals surface area contributed by atoms with Gasteiger partial charge in [0.1, 0.15) is 5.58 Å². The van der Waals surface area contributed by atoms with E-state index in [0.717, 1.165) is 15.6 Å². The van der Waals surface area contributed by atoms with E-state index in [4.69, 9.17) is 9.15 Å². The third-order valence-electron chi connectivity index (χ3n) is 5.30. The Morgan fingerprint density at radius 3 is 2.57 bits per heavy atom. The quantitative estimate of drug-likeness (QED) is 0.464. The number of ether oxygens (including phenoxy) is 1. The van der Waals surface area contributed by atoms with Crippen LogP contribution in [-0.4, -0.2) is 30.1 Å². The topological polar surface area (TPSA) is 59.8 Å². The maximum absolute atomic E-state index is 13.5. The number of halogens is 1. The van der Waals surface area contributed by atoms with E-state index in [0.29, 0.717) is 36.1 Å². The summed E-state index contributed by atoms with van der Waals surface area (Å²) in [6, 6.07) is 12.7. The summed E-state index contributed by atoms with van der Waals surface area (Å²) in [5, 5.41) is 0.508. The predicted octanol–water partition coefficient (Wildman–Crippen LogP) is 5.22. The Kier molecular flexibility index (Phi) is 5.80. The van der Waals surface area contributed by atoms with Crippen LogP contribution in [0.4, 0.5) is 0 Å². The van der Waals surface area contributed by atoms with Gasteiger partial charge in [0.15, 0.2) is 5.43 Å². The Morgan fingerprint density at radius 2 is 1.87 bits per heavy atom. The fourth-order valence-corrected chi connectivity index (χ4v) is 4.17. The minimum absolute atomic E-state index is 0.135. The first kappa shape index (κ1) is 20.8. The summed E-state index contributed by atoms with van der Waals surface area (Å²) in [6.45, 7) is 6.93. The Bertz CT molecular complexity index is 1150. The molecule has 1 aliphatic rings. The highest BCUT2D eigenvalue weighted by molar-refractivity contribution is 9.10. The lowest BCUT2D eigenvalue weighted by Crippen LogP contribution is -2.31. The molecular weight excluding hydrogens is 446 g/mol. The first-order valence-electron chi connectivity index (χ1n) is 10.1. The second-order valence-electron chi connectivity index (χ2n) is 7.90. The van der Waals surface area contributed by atoms with Crippen LogP contribution in [0.25, 0.3) is 11.0 Å². The first-order chi connectivity index (χ1) is 14.4. The van der Waals surface area contributed by atoms with Crippen molar-refractivity contribution in [1.82, 2.24) is 4.90 Å². The van der Waals surface area contributed by atoms with Crippen LogP contribution in [0.5, 0.6) is 0 Å². The third-order valence-corrected chi connectivity index (χ3v) is 5.83. The fraction of sp³-hybridized carbons (Fsp3) is 0.333. The van der Waals surface area contributed by atoms with Gasteiger partial charge in [0.2, 0.25) is 5.76 Å². The second-order valence-corrected chi connectivity index (χ2v) is 8.82. The van der Waals surface area contributed by atoms with Crippen molar-refractivity contribution >= 4 is 32.8 Å². The summed E-state index contributed by atoms with van der Waals surface area (Å²) >= 11 is 3.46. The van der Waals surface area contributed by atoms with Crippen LogP contribution in [0.3, 0.4) is 0 Å². The number of carbonyl (C=O) groups is 1. The van der Waals surface area contributed by atoms with Gasteiger partial charge >= 0.3 is 0 Å². The molecule has 1 unspecified atom stereocenters. The predicted molar refractivity (Wildman–Crippen MR) is 120 cm³/mol. The standard InChI is InChI=1S/C24H24BrNO4/c1-14(2)29-12-4-11-26-21(16-6-8-17(25)9-7-16)20-22(27)18-13-15(3)5-10-19(18)30-23(20)24(26)28/h5-10,13-14,21H,4,11-12H2,1-3H3. The third kappa shape index (κ3) is 3.82. The molecule has 1 amide bonds. The van der Waals surface area contributed by atoms with Gasteiger partial charge in [-0.2, -0.15) is 0 Å². The van der Waals surface area contributed by atoms with Gasteiger partial charge in [-0.25, -0.2) is 0 Å². The number of hydrogen-bond acceptors (Lipinski definition) is 4. The van der Waals surface area contributed by atoms with E-state index >= 15 is 0 Å². The molecule has 2 heterocycles. The van der Waals surface area contributed by atoms with Crippen LogP contribution in [0.2, 0.25) is 0 Å². The summed E-state index contributed by atoms with van der Waals surface area (Å²) in [7, 11) is 0. The summed E-state index contributed by atoms with van der Waals surface area (Å²) in [5.41, 5.74) is 2.58. The van der Waals surface area contributed by atoms with Crippen LogP contribution in [0, 0.1) is 6.92 Å². The lowest BCUT2D eigenvalue weighted by atomic mass is 9.98. The van der Waals surface area contributed by atoms with Gasteiger partial charge in [-0.05, 0) is 57.0 Å². The maximum Gasteiger partial charge on any atom is 0.290 e. The molecule has 0 spiro atoms. The van der Waals surface area contributed by atoms with Crippen LogP contribution in [0.15, 0.2) is 56.1 Å². The molecule has 3 aromatic rings. The van der Waals surface area contributed by atoms with E-state index in [1.165, 1.54) is 0 Å². The van der Waals surface area contributed by atoms with Crippen molar-refractivity contribution in [2.45, 2.75) is 39.3 Å². The number of amides is 1. The molecule has 30 heavy (non-hydrogen) atoms. The number of rotatable bonds is 6. The number of fused-ring (bicyclic) bond motifs is 2. The summed E-state index contributed by atoms with van der Waals surface area (Å²) in [5.74, 6) is -0.101. The molecule has 1 aliphatic heterocycles. The van der Waals surface area contributed by atoms with Crippen molar-refractivity contribution in [3.8, 4) is 0 Å². The summed E-state index contributed by atoms with van der Waals surface area (Å²) in [6.07, 6.45) is 0.813. The van der Waals surface area contributed by atoms with Gasteiger partial charge in [0.25, 0.3) is 5.91 Å². The van der Waals surface area contributed by atoms with E-state index in [2.05, 4.69) is 15.9 Å². The molecule has 0 N–H and O–H groups in total. The maximum atomic E-state index is 13.5. The van der Waals surface area contributed by atoms with Crippen LogP contribution in [0.1, 0.15) is 53.6 Å². The normalized spacial score (nSPS) is 16.0. The molecular formula is C24H24BrNO4. The van der Waals surface area contributed by atoms with E-state index < -0.39 is 6.04 Å². The molecule has 6 heteroatoms. The lowest BCUT2D eigenvalue weighted by molar-refractivity contribution is 0.0593. The fourth-order valence-electron chi connectivity index (χ4n) is 3.91. The highest BCUT2D eigenvalue weighted by atomic mass is 79.9. The number of hydrogen-bond donors (Lipinski definition) is 0. The Labute approximate surface area is 183 Å². The zero-order valence-corrected chi connectivity index (χ0v) is 18.9. The number of carbonyl (C=O) groups excluding carboxylic acids is 1. The van der Waals surface area contributed by atoms with E-state index in [1.807, 2.05) is 57.2 Å². The van der Waals surface area contributed by atoms with Crippen molar-refractivity contribution in [3.05, 3.63) is 79.6 Å². The van der Waals surface area contributed by atoms with E-state index in [9.17, 15) is 9.59 Å². The monoisotopic (exact) mass is 469 g/mol. The van der Waals surface area contributed by atoms with Gasteiger partial charge in [0, 0.05) is 17.6 Å². The highest BCUT2D eigenvalue weighted by Gasteiger charge is 2.42. The zero-order valence-electron chi connectivity index (χ0n) is 17.3. The van der Waals surface area contributed by atoms with Crippen molar-refractivity contribution in [2.75, 3.05) is 13.2 Å². The number of aryl methyl sites for hydroxylation is 1. The Morgan fingerprint density at radius 1 is 1.13 bits per heavy atom. The van der Waals surface area contributed by atoms with E-state index in [1.54, 1.807) is 11.0 Å². The number of nitrogens with zero attached hydrogens (tertiary/aromatic N) is 1. The van der Waals surface area contributed by atoms with Gasteiger partial charge < -0.3 is 14.1 Å². The van der Waals surface area contributed by atoms with Crippen LogP contribution >= 0.6 is 15.9 Å². The molecule has 2 aromatic carbocycles. The van der Waals surface area contributed by atoms with Gasteiger partial charge in [-0.3, -0.25) is 9.59 Å². The van der Waals surface area contributed by atoms with Crippen LogP contribution in [-0.2, 0) is 4.74 Å². The molecule has 5 nitrogen and oxygen atoms in total. The molecule has 0 bridgehead atoms. The van der Waals surface area contributed by atoms with Crippen molar-refractivity contribution < 1.29 is 13.9 Å². The first-order valence-corrected chi connectivity index (χ1v) is 10.9. The Balaban J connectivity index is 1.81. The molecule has 0 fully saturated rings. The molecule has 1 aromatic heterocycles. The van der Waals surface area contributed by atoms with Gasteiger partial charge in [-0.15, -0.1) is 0 Å². The lowest BCUT2D eigenvalue weighted by Gasteiger charge is -2.25. The minimum Gasteiger partial charge on any atom is -0.450 e. The zero-order chi connectivity index (χ0) is 21.4. The van der Waals surface area contributed by atoms with Crippen molar-refractivity contribution in [3.63, 3.8) is 0 Å². The average Bonchev–Trinajstić information content (AvgIpc) is 2.99. The summed E-state index contributed by atoms with van der Waals surface area (Å²) < 4.78 is 12.6. The molecule has 0 radical (unpaired) electrons. The largest absolute Gasteiger partial charge is 0.450 e. The Hall–Kier alpha value is -2.44. The molecule has 0 saturated heterocycles. The molecule has 0 aliphatic carbocycles. The van der Waals surface area contributed by atoms with E-state index in [-0.39, 0.29) is 23.2 Å². The van der Waals surface area contributed by atoms with Crippen molar-refractivity contribution in [2.24, 2.45) is 0 Å². The van der Waals surface area contributed by atoms with Crippen LogP contribution < -0.4 is 5.43 Å². The second kappa shape index (κ2) is 8.36. The molecule has 4 rings (SSSR count). The molecule has 1 atom stereocenters.